The molecule has 2 aromatic carbocycles. The van der Waals surface area contributed by atoms with Crippen molar-refractivity contribution in [1.29, 1.82) is 0 Å². The summed E-state index contributed by atoms with van der Waals surface area (Å²) < 4.78 is 24.9. The highest BCUT2D eigenvalue weighted by Crippen LogP contribution is 2.19. The molecule has 0 atom stereocenters. The molecule has 1 heterocycles. The van der Waals surface area contributed by atoms with Crippen LogP contribution in [0.2, 0.25) is 0 Å². The number of hydrogen-bond acceptors (Lipinski definition) is 5. The zero-order valence-electron chi connectivity index (χ0n) is 19.4. The van der Waals surface area contributed by atoms with Crippen LogP contribution in [0.4, 0.5) is 14.9 Å². The van der Waals surface area contributed by atoms with Crippen molar-refractivity contribution in [3.63, 3.8) is 0 Å². The van der Waals surface area contributed by atoms with E-state index >= 15 is 0 Å². The van der Waals surface area contributed by atoms with Gasteiger partial charge in [-0.1, -0.05) is 41.6 Å². The molecule has 1 aromatic heterocycles. The summed E-state index contributed by atoms with van der Waals surface area (Å²) in [4.78, 5) is 13.7. The fourth-order valence-electron chi connectivity index (χ4n) is 2.87. The number of ether oxygens (including phenoxy) is 2. The molecular formula is C25H29FN4O3. The summed E-state index contributed by atoms with van der Waals surface area (Å²) in [6.07, 6.45) is 5.28. The normalized spacial score (nSPS) is 11.5. The summed E-state index contributed by atoms with van der Waals surface area (Å²) in [7, 11) is 1.69. The van der Waals surface area contributed by atoms with E-state index in [1.54, 1.807) is 13.2 Å². The minimum absolute atomic E-state index is 0.192. The molecule has 0 bridgehead atoms. The first-order chi connectivity index (χ1) is 15.7. The predicted octanol–water partition coefficient (Wildman–Crippen LogP) is 5.37. The van der Waals surface area contributed by atoms with Gasteiger partial charge in [0.05, 0.1) is 12.7 Å². The Morgan fingerprint density at radius 3 is 2.24 bits per heavy atom. The third kappa shape index (κ3) is 7.45. The SMILES string of the molecule is CN(C(=O)OC(C)(C)C)c1ccc(/C=C/c2ccc(OCc3cn(CCF)nn3)cc2)cc1. The lowest BCUT2D eigenvalue weighted by Crippen LogP contribution is -2.34. The fourth-order valence-corrected chi connectivity index (χ4v) is 2.87. The number of aryl methyl sites for hydroxylation is 1. The molecule has 0 radical (unpaired) electrons. The minimum Gasteiger partial charge on any atom is -0.487 e. The first kappa shape index (κ1) is 24.0. The second-order valence-corrected chi connectivity index (χ2v) is 8.48. The highest BCUT2D eigenvalue weighted by atomic mass is 19.1. The van der Waals surface area contributed by atoms with Gasteiger partial charge >= 0.3 is 6.09 Å². The van der Waals surface area contributed by atoms with E-state index in [4.69, 9.17) is 9.47 Å². The van der Waals surface area contributed by atoms with Crippen molar-refractivity contribution < 1.29 is 18.7 Å². The first-order valence-electron chi connectivity index (χ1n) is 10.7. The van der Waals surface area contributed by atoms with Crippen LogP contribution in [0.3, 0.4) is 0 Å². The number of halogens is 1. The molecule has 0 saturated heterocycles. The van der Waals surface area contributed by atoms with Gasteiger partial charge in [-0.25, -0.2) is 13.9 Å². The number of carbonyl (C=O) groups is 1. The van der Waals surface area contributed by atoms with Crippen LogP contribution >= 0.6 is 0 Å². The van der Waals surface area contributed by atoms with Crippen LogP contribution in [0.5, 0.6) is 5.75 Å². The van der Waals surface area contributed by atoms with Gasteiger partial charge in [-0.2, -0.15) is 0 Å². The number of anilines is 1. The second kappa shape index (κ2) is 10.8. The Balaban J connectivity index is 1.53. The average Bonchev–Trinajstić information content (AvgIpc) is 3.23. The topological polar surface area (TPSA) is 69.5 Å². The molecule has 0 aliphatic carbocycles. The van der Waals surface area contributed by atoms with E-state index in [1.807, 2.05) is 81.5 Å². The molecule has 3 aromatic rings. The minimum atomic E-state index is -0.537. The molecule has 1 amide bonds. The summed E-state index contributed by atoms with van der Waals surface area (Å²) in [6.45, 7) is 5.50. The summed E-state index contributed by atoms with van der Waals surface area (Å²) in [5.74, 6) is 0.710. The van der Waals surface area contributed by atoms with Crippen LogP contribution in [0, 0.1) is 0 Å². The zero-order valence-corrected chi connectivity index (χ0v) is 19.4. The molecule has 0 aliphatic rings. The van der Waals surface area contributed by atoms with E-state index in [9.17, 15) is 9.18 Å². The molecule has 33 heavy (non-hydrogen) atoms. The van der Waals surface area contributed by atoms with Crippen LogP contribution in [-0.2, 0) is 17.9 Å². The summed E-state index contributed by atoms with van der Waals surface area (Å²) in [5, 5.41) is 7.79. The molecule has 0 fully saturated rings. The molecule has 0 saturated carbocycles. The lowest BCUT2D eigenvalue weighted by molar-refractivity contribution is 0.0589. The Morgan fingerprint density at radius 2 is 1.67 bits per heavy atom. The van der Waals surface area contributed by atoms with Crippen molar-refractivity contribution >= 4 is 23.9 Å². The van der Waals surface area contributed by atoms with Crippen LogP contribution in [-0.4, -0.2) is 40.4 Å². The summed E-state index contributed by atoms with van der Waals surface area (Å²) in [5.41, 5.74) is 2.89. The molecule has 174 valence electrons. The Hall–Kier alpha value is -3.68. The quantitative estimate of drug-likeness (QED) is 0.430. The van der Waals surface area contributed by atoms with Crippen molar-refractivity contribution in [1.82, 2.24) is 15.0 Å². The van der Waals surface area contributed by atoms with Crippen molar-refractivity contribution in [3.8, 4) is 5.75 Å². The van der Waals surface area contributed by atoms with Gasteiger partial charge in [0.2, 0.25) is 0 Å². The van der Waals surface area contributed by atoms with E-state index in [0.717, 1.165) is 16.8 Å². The smallest absolute Gasteiger partial charge is 0.414 e. The van der Waals surface area contributed by atoms with E-state index in [-0.39, 0.29) is 13.2 Å². The first-order valence-corrected chi connectivity index (χ1v) is 10.7. The van der Waals surface area contributed by atoms with Crippen LogP contribution in [0.15, 0.2) is 54.7 Å². The lowest BCUT2D eigenvalue weighted by atomic mass is 10.1. The Kier molecular flexibility index (Phi) is 7.82. The Labute approximate surface area is 193 Å². The number of carbonyl (C=O) groups excluding carboxylic acids is 1. The average molecular weight is 453 g/mol. The van der Waals surface area contributed by atoms with Crippen LogP contribution in [0.1, 0.15) is 37.6 Å². The van der Waals surface area contributed by atoms with Gasteiger partial charge in [0, 0.05) is 12.7 Å². The lowest BCUT2D eigenvalue weighted by Gasteiger charge is -2.24. The van der Waals surface area contributed by atoms with Crippen molar-refractivity contribution in [2.75, 3.05) is 18.6 Å². The van der Waals surface area contributed by atoms with Gasteiger partial charge in [-0.05, 0) is 56.2 Å². The summed E-state index contributed by atoms with van der Waals surface area (Å²) >= 11 is 0. The third-order valence-electron chi connectivity index (χ3n) is 4.58. The molecule has 8 heteroatoms. The van der Waals surface area contributed by atoms with Gasteiger partial charge < -0.3 is 9.47 Å². The van der Waals surface area contributed by atoms with Crippen molar-refractivity contribution in [3.05, 3.63) is 71.5 Å². The van der Waals surface area contributed by atoms with Gasteiger partial charge in [0.1, 0.15) is 30.3 Å². The highest BCUT2D eigenvalue weighted by Gasteiger charge is 2.20. The van der Waals surface area contributed by atoms with Gasteiger partial charge in [0.15, 0.2) is 0 Å². The number of benzene rings is 2. The molecule has 0 unspecified atom stereocenters. The maximum atomic E-state index is 12.3. The Morgan fingerprint density at radius 1 is 1.06 bits per heavy atom. The standard InChI is InChI=1S/C25H29FN4O3/c1-25(2,3)33-24(31)29(4)22-11-7-19(8-12-22)5-6-20-9-13-23(14-10-20)32-18-21-17-30(16-15-26)28-27-21/h5-14,17H,15-16,18H2,1-4H3/b6-5+. The number of rotatable bonds is 8. The monoisotopic (exact) mass is 452 g/mol. The highest BCUT2D eigenvalue weighted by molar-refractivity contribution is 5.87. The molecule has 3 rings (SSSR count). The van der Waals surface area contributed by atoms with Gasteiger partial charge in [-0.15, -0.1) is 5.10 Å². The van der Waals surface area contributed by atoms with Gasteiger partial charge in [-0.3, -0.25) is 4.90 Å². The Bertz CT molecular complexity index is 1070. The summed E-state index contributed by atoms with van der Waals surface area (Å²) in [6, 6.07) is 15.3. The van der Waals surface area contributed by atoms with Crippen LogP contribution in [0.25, 0.3) is 12.2 Å². The maximum absolute atomic E-state index is 12.3. The van der Waals surface area contributed by atoms with Crippen molar-refractivity contribution in [2.45, 2.75) is 39.5 Å². The second-order valence-electron chi connectivity index (χ2n) is 8.48. The van der Waals surface area contributed by atoms with Crippen molar-refractivity contribution in [2.24, 2.45) is 0 Å². The molecule has 0 spiro atoms. The largest absolute Gasteiger partial charge is 0.487 e. The number of hydrogen-bond donors (Lipinski definition) is 0. The number of amides is 1. The molecule has 0 aliphatic heterocycles. The van der Waals surface area contributed by atoms with Crippen LogP contribution < -0.4 is 9.64 Å². The number of alkyl halides is 1. The fraction of sp³-hybridized carbons (Fsp3) is 0.320. The number of aromatic nitrogens is 3. The van der Waals surface area contributed by atoms with Gasteiger partial charge in [0.25, 0.3) is 0 Å². The predicted molar refractivity (Wildman–Crippen MR) is 127 cm³/mol. The molecule has 0 N–H and O–H groups in total. The maximum Gasteiger partial charge on any atom is 0.414 e. The molecule has 7 nitrogen and oxygen atoms in total. The number of nitrogens with zero attached hydrogens (tertiary/aromatic N) is 4. The zero-order chi connectivity index (χ0) is 23.8. The van der Waals surface area contributed by atoms with E-state index in [2.05, 4.69) is 10.3 Å². The third-order valence-corrected chi connectivity index (χ3v) is 4.58. The van der Waals surface area contributed by atoms with E-state index in [0.29, 0.717) is 11.4 Å². The molecular weight excluding hydrogens is 423 g/mol. The van der Waals surface area contributed by atoms with E-state index in [1.165, 1.54) is 9.58 Å². The van der Waals surface area contributed by atoms with E-state index < -0.39 is 18.4 Å².